The van der Waals surface area contributed by atoms with E-state index in [0.29, 0.717) is 22.7 Å². The van der Waals surface area contributed by atoms with Crippen LogP contribution in [-0.2, 0) is 0 Å². The fraction of sp³-hybridized carbons (Fsp3) is 0.500. The smallest absolute Gasteiger partial charge is 0.257 e. The Labute approximate surface area is 116 Å². The van der Waals surface area contributed by atoms with Crippen LogP contribution in [0.1, 0.15) is 30.1 Å². The first-order chi connectivity index (χ1) is 8.72. The van der Waals surface area contributed by atoms with Gasteiger partial charge in [-0.3, -0.25) is 4.79 Å². The number of piperidine rings is 1. The van der Waals surface area contributed by atoms with E-state index < -0.39 is 0 Å². The largest absolute Gasteiger partial charge is 0.493 e. The monoisotopic (exact) mass is 311 g/mol. The van der Waals surface area contributed by atoms with E-state index in [1.54, 1.807) is 0 Å². The highest BCUT2D eigenvalue weighted by molar-refractivity contribution is 9.09. The van der Waals surface area contributed by atoms with Crippen molar-refractivity contribution in [3.63, 3.8) is 0 Å². The van der Waals surface area contributed by atoms with Crippen LogP contribution in [0.5, 0.6) is 5.75 Å². The molecule has 1 unspecified atom stereocenters. The van der Waals surface area contributed by atoms with Crippen LogP contribution in [0.15, 0.2) is 24.3 Å². The van der Waals surface area contributed by atoms with Crippen molar-refractivity contribution < 1.29 is 9.53 Å². The van der Waals surface area contributed by atoms with Crippen molar-refractivity contribution in [2.24, 2.45) is 0 Å². The number of ether oxygens (including phenoxy) is 1. The van der Waals surface area contributed by atoms with E-state index in [1.807, 2.05) is 36.1 Å². The maximum Gasteiger partial charge on any atom is 0.257 e. The van der Waals surface area contributed by atoms with Gasteiger partial charge in [0.2, 0.25) is 0 Å². The molecule has 0 N–H and O–H groups in total. The van der Waals surface area contributed by atoms with Crippen LogP contribution in [0.4, 0.5) is 0 Å². The minimum atomic E-state index is 0.0724. The molecular weight excluding hydrogens is 294 g/mol. The quantitative estimate of drug-likeness (QED) is 0.803. The molecule has 1 aliphatic rings. The number of amides is 1. The van der Waals surface area contributed by atoms with Crippen molar-refractivity contribution in [3.8, 4) is 5.75 Å². The molecule has 98 valence electrons. The number of rotatable bonds is 3. The van der Waals surface area contributed by atoms with Crippen molar-refractivity contribution in [3.05, 3.63) is 29.8 Å². The van der Waals surface area contributed by atoms with Gasteiger partial charge in [-0.2, -0.15) is 0 Å². The van der Waals surface area contributed by atoms with Crippen molar-refractivity contribution in [2.75, 3.05) is 19.7 Å². The summed E-state index contributed by atoms with van der Waals surface area (Å²) in [4.78, 5) is 14.8. The molecule has 2 rings (SSSR count). The van der Waals surface area contributed by atoms with Crippen LogP contribution in [-0.4, -0.2) is 35.3 Å². The number of para-hydroxylation sites is 1. The summed E-state index contributed by atoms with van der Waals surface area (Å²) in [6.45, 7) is 4.11. The lowest BCUT2D eigenvalue weighted by molar-refractivity contribution is 0.0726. The molecule has 0 radical (unpaired) electrons. The summed E-state index contributed by atoms with van der Waals surface area (Å²) in [5.41, 5.74) is 0.668. The third kappa shape index (κ3) is 3.05. The fourth-order valence-electron chi connectivity index (χ4n) is 2.20. The van der Waals surface area contributed by atoms with E-state index in [9.17, 15) is 4.79 Å². The number of hydrogen-bond acceptors (Lipinski definition) is 2. The summed E-state index contributed by atoms with van der Waals surface area (Å²) in [6.07, 6.45) is 2.19. The standard InChI is InChI=1S/C14H18BrNO2/c1-2-18-13-8-4-3-7-12(13)14(17)16-9-5-6-11(15)10-16/h3-4,7-8,11H,2,5-6,9-10H2,1H3. The highest BCUT2D eigenvalue weighted by Gasteiger charge is 2.24. The van der Waals surface area contributed by atoms with E-state index in [0.717, 1.165) is 25.9 Å². The Bertz CT molecular complexity index is 422. The van der Waals surface area contributed by atoms with Crippen molar-refractivity contribution in [2.45, 2.75) is 24.6 Å². The van der Waals surface area contributed by atoms with Gasteiger partial charge in [-0.25, -0.2) is 0 Å². The molecule has 0 aromatic heterocycles. The number of halogens is 1. The summed E-state index contributed by atoms with van der Waals surface area (Å²) >= 11 is 3.59. The molecule has 4 heteroatoms. The highest BCUT2D eigenvalue weighted by Crippen LogP contribution is 2.23. The first-order valence-electron chi connectivity index (χ1n) is 6.37. The number of carbonyl (C=O) groups excluding carboxylic acids is 1. The maximum atomic E-state index is 12.5. The molecule has 1 aromatic rings. The molecule has 0 bridgehead atoms. The Hall–Kier alpha value is -1.03. The van der Waals surface area contributed by atoms with Gasteiger partial charge in [0, 0.05) is 17.9 Å². The summed E-state index contributed by atoms with van der Waals surface area (Å²) in [5, 5.41) is 0. The number of hydrogen-bond donors (Lipinski definition) is 0. The van der Waals surface area contributed by atoms with Crippen LogP contribution in [0.3, 0.4) is 0 Å². The molecule has 1 amide bonds. The third-order valence-corrected chi connectivity index (χ3v) is 3.82. The van der Waals surface area contributed by atoms with Gasteiger partial charge in [0.25, 0.3) is 5.91 Å². The van der Waals surface area contributed by atoms with Crippen LogP contribution in [0, 0.1) is 0 Å². The SMILES string of the molecule is CCOc1ccccc1C(=O)N1CCCC(Br)C1. The van der Waals surface area contributed by atoms with Crippen LogP contribution < -0.4 is 4.74 Å². The molecular formula is C14H18BrNO2. The van der Waals surface area contributed by atoms with E-state index in [-0.39, 0.29) is 5.91 Å². The molecule has 0 spiro atoms. The summed E-state index contributed by atoms with van der Waals surface area (Å²) in [6, 6.07) is 7.47. The molecule has 1 saturated heterocycles. The van der Waals surface area contributed by atoms with Crippen LogP contribution in [0.25, 0.3) is 0 Å². The molecule has 1 aliphatic heterocycles. The lowest BCUT2D eigenvalue weighted by Crippen LogP contribution is -2.40. The first kappa shape index (κ1) is 13.4. The summed E-state index contributed by atoms with van der Waals surface area (Å²) in [5.74, 6) is 0.755. The molecule has 1 aromatic carbocycles. The Morgan fingerprint density at radius 2 is 2.28 bits per heavy atom. The van der Waals surface area contributed by atoms with Crippen molar-refractivity contribution in [1.82, 2.24) is 4.90 Å². The van der Waals surface area contributed by atoms with Gasteiger partial charge in [0.05, 0.1) is 12.2 Å². The molecule has 0 aliphatic carbocycles. The summed E-state index contributed by atoms with van der Waals surface area (Å²) < 4.78 is 5.52. The number of likely N-dealkylation sites (tertiary alicyclic amines) is 1. The Morgan fingerprint density at radius 3 is 3.00 bits per heavy atom. The van der Waals surface area contributed by atoms with Crippen molar-refractivity contribution in [1.29, 1.82) is 0 Å². The average Bonchev–Trinajstić information content (AvgIpc) is 2.39. The molecule has 1 atom stereocenters. The average molecular weight is 312 g/mol. The minimum Gasteiger partial charge on any atom is -0.493 e. The molecule has 18 heavy (non-hydrogen) atoms. The van der Waals surface area contributed by atoms with Gasteiger partial charge >= 0.3 is 0 Å². The summed E-state index contributed by atoms with van der Waals surface area (Å²) in [7, 11) is 0. The molecule has 1 fully saturated rings. The molecule has 3 nitrogen and oxygen atoms in total. The predicted molar refractivity (Wildman–Crippen MR) is 75.5 cm³/mol. The number of alkyl halides is 1. The van der Waals surface area contributed by atoms with E-state index >= 15 is 0 Å². The zero-order chi connectivity index (χ0) is 13.0. The fourth-order valence-corrected chi connectivity index (χ4v) is 2.88. The van der Waals surface area contributed by atoms with Gasteiger partial charge in [-0.1, -0.05) is 28.1 Å². The lowest BCUT2D eigenvalue weighted by atomic mass is 10.1. The van der Waals surface area contributed by atoms with Crippen LogP contribution >= 0.6 is 15.9 Å². The maximum absolute atomic E-state index is 12.5. The van der Waals surface area contributed by atoms with Gasteiger partial charge in [0.1, 0.15) is 5.75 Å². The van der Waals surface area contributed by atoms with Gasteiger partial charge in [0.15, 0.2) is 0 Å². The second kappa shape index (κ2) is 6.23. The second-order valence-corrected chi connectivity index (χ2v) is 5.71. The number of benzene rings is 1. The van der Waals surface area contributed by atoms with E-state index in [4.69, 9.17) is 4.74 Å². The highest BCUT2D eigenvalue weighted by atomic mass is 79.9. The zero-order valence-corrected chi connectivity index (χ0v) is 12.1. The second-order valence-electron chi connectivity index (χ2n) is 4.42. The number of nitrogens with zero attached hydrogens (tertiary/aromatic N) is 1. The first-order valence-corrected chi connectivity index (χ1v) is 7.29. The normalized spacial score (nSPS) is 19.7. The number of carbonyl (C=O) groups is 1. The van der Waals surface area contributed by atoms with Gasteiger partial charge < -0.3 is 9.64 Å². The zero-order valence-electron chi connectivity index (χ0n) is 10.6. The minimum absolute atomic E-state index is 0.0724. The van der Waals surface area contributed by atoms with E-state index in [1.165, 1.54) is 0 Å². The Kier molecular flexibility index (Phi) is 4.64. The van der Waals surface area contributed by atoms with Crippen molar-refractivity contribution >= 4 is 21.8 Å². The lowest BCUT2D eigenvalue weighted by Gasteiger charge is -2.30. The molecule has 1 heterocycles. The molecule has 0 saturated carbocycles. The van der Waals surface area contributed by atoms with Gasteiger partial charge in [-0.05, 0) is 31.9 Å². The third-order valence-electron chi connectivity index (χ3n) is 3.07. The Morgan fingerprint density at radius 1 is 1.50 bits per heavy atom. The van der Waals surface area contributed by atoms with Crippen LogP contribution in [0.2, 0.25) is 0 Å². The Balaban J connectivity index is 2.17. The predicted octanol–water partition coefficient (Wildman–Crippen LogP) is 3.08. The topological polar surface area (TPSA) is 29.5 Å². The van der Waals surface area contributed by atoms with E-state index in [2.05, 4.69) is 15.9 Å². The van der Waals surface area contributed by atoms with Gasteiger partial charge in [-0.15, -0.1) is 0 Å².